The van der Waals surface area contributed by atoms with E-state index in [1.54, 1.807) is 13.8 Å². The third-order valence-corrected chi connectivity index (χ3v) is 5.25. The van der Waals surface area contributed by atoms with Crippen molar-refractivity contribution < 1.29 is 14.7 Å². The number of carbonyl (C=O) groups is 1. The van der Waals surface area contributed by atoms with Crippen LogP contribution in [0.3, 0.4) is 0 Å². The number of hydrazone groups is 1. The maximum absolute atomic E-state index is 13.6. The van der Waals surface area contributed by atoms with E-state index in [0.717, 1.165) is 34.6 Å². The van der Waals surface area contributed by atoms with Gasteiger partial charge in [0.2, 0.25) is 5.71 Å². The maximum Gasteiger partial charge on any atom is 0.332 e. The van der Waals surface area contributed by atoms with Crippen molar-refractivity contribution in [2.24, 2.45) is 10.8 Å². The van der Waals surface area contributed by atoms with E-state index in [2.05, 4.69) is 10.5 Å². The highest BCUT2D eigenvalue weighted by Crippen LogP contribution is 2.41. The summed E-state index contributed by atoms with van der Waals surface area (Å²) in [7, 11) is 0. The molecule has 0 aromatic heterocycles. The van der Waals surface area contributed by atoms with Gasteiger partial charge in [0.05, 0.1) is 0 Å². The molecule has 3 rings (SSSR count). The minimum Gasteiger partial charge on any atom is -0.622 e. The highest BCUT2D eigenvalue weighted by Gasteiger charge is 2.64. The molecule has 0 saturated heterocycles. The van der Waals surface area contributed by atoms with E-state index in [9.17, 15) is 15.2 Å². The van der Waals surface area contributed by atoms with Crippen LogP contribution < -0.4 is 11.2 Å². The molecule has 2 amide bonds. The van der Waals surface area contributed by atoms with Crippen molar-refractivity contribution >= 4 is 17.5 Å². The van der Waals surface area contributed by atoms with Gasteiger partial charge in [-0.2, -0.15) is 9.84 Å². The second-order valence-electron chi connectivity index (χ2n) is 7.29. The van der Waals surface area contributed by atoms with E-state index in [0.29, 0.717) is 24.3 Å². The first-order chi connectivity index (χ1) is 12.3. The molecule has 1 aliphatic carbocycles. The molecule has 1 aliphatic heterocycles. The zero-order chi connectivity index (χ0) is 18.9. The van der Waals surface area contributed by atoms with Crippen LogP contribution in [0.5, 0.6) is 0 Å². The summed E-state index contributed by atoms with van der Waals surface area (Å²) in [5, 5.41) is 29.9. The third kappa shape index (κ3) is 2.75. The van der Waals surface area contributed by atoms with Crippen LogP contribution in [-0.4, -0.2) is 43.7 Å². The van der Waals surface area contributed by atoms with E-state index in [4.69, 9.17) is 5.73 Å². The zero-order valence-corrected chi connectivity index (χ0v) is 15.1. The third-order valence-electron chi connectivity index (χ3n) is 5.25. The summed E-state index contributed by atoms with van der Waals surface area (Å²) in [5.74, 6) is 0. The molecule has 2 aliphatic rings. The fraction of sp³-hybridized carbons (Fsp3) is 0.500. The molecule has 1 spiro atoms. The minimum atomic E-state index is -1.35. The molecule has 26 heavy (non-hydrogen) atoms. The van der Waals surface area contributed by atoms with Gasteiger partial charge in [0.25, 0.3) is 5.66 Å². The molecule has 1 aromatic rings. The van der Waals surface area contributed by atoms with Crippen molar-refractivity contribution in [3.8, 4) is 0 Å². The van der Waals surface area contributed by atoms with Crippen LogP contribution >= 0.6 is 0 Å². The van der Waals surface area contributed by atoms with Crippen molar-refractivity contribution in [1.29, 1.82) is 0 Å². The summed E-state index contributed by atoms with van der Waals surface area (Å²) in [6.45, 7) is 3.61. The molecule has 0 radical (unpaired) electrons. The van der Waals surface area contributed by atoms with Gasteiger partial charge in [-0.05, 0) is 45.2 Å². The number of primary amides is 1. The summed E-state index contributed by atoms with van der Waals surface area (Å²) < 4.78 is 0.870. The minimum absolute atomic E-state index is 0.409. The van der Waals surface area contributed by atoms with Crippen molar-refractivity contribution in [2.45, 2.75) is 57.2 Å². The summed E-state index contributed by atoms with van der Waals surface area (Å²) in [6.07, 6.45) is 3.41. The summed E-state index contributed by atoms with van der Waals surface area (Å²) in [4.78, 5) is 11.1. The van der Waals surface area contributed by atoms with Gasteiger partial charge in [-0.3, -0.25) is 0 Å². The van der Waals surface area contributed by atoms with E-state index in [1.807, 2.05) is 30.3 Å². The van der Waals surface area contributed by atoms with E-state index in [1.165, 1.54) is 0 Å². The van der Waals surface area contributed by atoms with Crippen molar-refractivity contribution in [1.82, 2.24) is 10.5 Å². The Morgan fingerprint density at radius 2 is 2.00 bits per heavy atom. The predicted molar refractivity (Wildman–Crippen MR) is 97.9 cm³/mol. The number of nitrogens with one attached hydrogen (secondary N) is 1. The number of hydrogen-bond acceptors (Lipinski definition) is 5. The van der Waals surface area contributed by atoms with Gasteiger partial charge in [0.15, 0.2) is 0 Å². The fourth-order valence-electron chi connectivity index (χ4n) is 4.05. The summed E-state index contributed by atoms with van der Waals surface area (Å²) in [5.41, 5.74) is 6.73. The van der Waals surface area contributed by atoms with Crippen LogP contribution in [0.15, 0.2) is 35.4 Å². The molecule has 1 atom stereocenters. The first-order valence-corrected chi connectivity index (χ1v) is 8.83. The molecule has 8 heteroatoms. The van der Waals surface area contributed by atoms with E-state index < -0.39 is 17.2 Å². The van der Waals surface area contributed by atoms with Crippen LogP contribution in [0.25, 0.3) is 0 Å². The molecular formula is C18H25N5O3. The lowest BCUT2D eigenvalue weighted by molar-refractivity contribution is -0.567. The molecule has 0 unspecified atom stereocenters. The lowest BCUT2D eigenvalue weighted by atomic mass is 9.91. The normalized spacial score (nSPS) is 27.7. The number of amides is 2. The molecule has 1 saturated carbocycles. The highest BCUT2D eigenvalue weighted by atomic mass is 16.6. The Labute approximate surface area is 152 Å². The standard InChI is InChI=1S/C18H25N5O3/c1-17(2)15(13-9-5-3-6-10-13)22(25)18(23(17)26)12-8-4-7-11-14(18)20-21-16(19)24/h3,5-6,9-10,26H,4,7-8,11-12H2,1-2H3,(H3,19,21,24)/t18-/m1/s1. The SMILES string of the molecule is CC1(C)C(c2ccccc2)=[N+]([O-])[C@]2(CCCCCC2=NNC(N)=O)N1O. The van der Waals surface area contributed by atoms with Crippen LogP contribution in [0.4, 0.5) is 4.79 Å². The quantitative estimate of drug-likeness (QED) is 0.426. The van der Waals surface area contributed by atoms with Gasteiger partial charge in [0.1, 0.15) is 11.3 Å². The Hall–Kier alpha value is -2.45. The van der Waals surface area contributed by atoms with Crippen molar-refractivity contribution in [3.05, 3.63) is 41.1 Å². The van der Waals surface area contributed by atoms with Crippen LogP contribution in [0.2, 0.25) is 0 Å². The molecule has 4 N–H and O–H groups in total. The van der Waals surface area contributed by atoms with Crippen LogP contribution in [0, 0.1) is 5.21 Å². The largest absolute Gasteiger partial charge is 0.622 e. The van der Waals surface area contributed by atoms with Gasteiger partial charge in [-0.15, -0.1) is 5.06 Å². The topological polar surface area (TPSA) is 117 Å². The Balaban J connectivity index is 2.20. The summed E-state index contributed by atoms with van der Waals surface area (Å²) in [6, 6.07) is 8.49. The van der Waals surface area contributed by atoms with Gasteiger partial charge in [-0.25, -0.2) is 10.2 Å². The van der Waals surface area contributed by atoms with Crippen molar-refractivity contribution in [2.75, 3.05) is 0 Å². The van der Waals surface area contributed by atoms with Gasteiger partial charge < -0.3 is 16.1 Å². The van der Waals surface area contributed by atoms with Gasteiger partial charge in [-0.1, -0.05) is 24.6 Å². The molecular weight excluding hydrogens is 334 g/mol. The monoisotopic (exact) mass is 359 g/mol. The lowest BCUT2D eigenvalue weighted by Gasteiger charge is -2.35. The average molecular weight is 359 g/mol. The number of benzene rings is 1. The van der Waals surface area contributed by atoms with Crippen molar-refractivity contribution in [3.63, 3.8) is 0 Å². The molecule has 1 aromatic carbocycles. The first-order valence-electron chi connectivity index (χ1n) is 8.83. The average Bonchev–Trinajstić information content (AvgIpc) is 2.77. The number of carbonyl (C=O) groups excluding carboxylic acids is 1. The zero-order valence-electron chi connectivity index (χ0n) is 15.1. The number of rotatable bonds is 2. The van der Waals surface area contributed by atoms with Crippen LogP contribution in [-0.2, 0) is 0 Å². The molecule has 8 nitrogen and oxygen atoms in total. The van der Waals surface area contributed by atoms with E-state index >= 15 is 0 Å². The molecule has 0 bridgehead atoms. The van der Waals surface area contributed by atoms with E-state index in [-0.39, 0.29) is 0 Å². The molecule has 1 heterocycles. The Kier molecular flexibility index (Phi) is 4.72. The maximum atomic E-state index is 13.6. The smallest absolute Gasteiger partial charge is 0.332 e. The number of hydrogen-bond donors (Lipinski definition) is 3. The van der Waals surface area contributed by atoms with Crippen LogP contribution in [0.1, 0.15) is 51.5 Å². The highest BCUT2D eigenvalue weighted by molar-refractivity contribution is 6.07. The Bertz CT molecular complexity index is 759. The molecule has 1 fully saturated rings. The number of urea groups is 1. The number of hydroxylamine groups is 3. The lowest BCUT2D eigenvalue weighted by Crippen LogP contribution is -2.59. The van der Waals surface area contributed by atoms with Gasteiger partial charge >= 0.3 is 6.03 Å². The number of nitrogens with zero attached hydrogens (tertiary/aromatic N) is 3. The molecule has 140 valence electrons. The fourth-order valence-corrected chi connectivity index (χ4v) is 4.05. The summed E-state index contributed by atoms with van der Waals surface area (Å²) >= 11 is 0. The Morgan fingerprint density at radius 3 is 2.65 bits per heavy atom. The first kappa shape index (κ1) is 18.3. The predicted octanol–water partition coefficient (Wildman–Crippen LogP) is 2.15. The second kappa shape index (κ2) is 6.69. The van der Waals surface area contributed by atoms with Gasteiger partial charge in [0, 0.05) is 12.0 Å². The Morgan fingerprint density at radius 1 is 1.31 bits per heavy atom. The second-order valence-corrected chi connectivity index (χ2v) is 7.29. The number of nitrogens with two attached hydrogens (primary N) is 1.